The molecule has 0 spiro atoms. The summed E-state index contributed by atoms with van der Waals surface area (Å²) in [5, 5.41) is 14.2. The van der Waals surface area contributed by atoms with E-state index in [1.807, 2.05) is 0 Å². The SMILES string of the molecule is CCC(N=O)c1nc(C)nc2c1C(C)(O)C(=O)N2c1ccc(OC)cc1OC. The van der Waals surface area contributed by atoms with E-state index in [0.717, 1.165) is 0 Å². The maximum absolute atomic E-state index is 13.2. The van der Waals surface area contributed by atoms with E-state index in [9.17, 15) is 14.8 Å². The zero-order valence-electron chi connectivity index (χ0n) is 16.4. The largest absolute Gasteiger partial charge is 0.497 e. The Balaban J connectivity index is 2.30. The Morgan fingerprint density at radius 3 is 2.57 bits per heavy atom. The molecule has 1 amide bonds. The van der Waals surface area contributed by atoms with Gasteiger partial charge in [-0.15, -0.1) is 0 Å². The molecule has 3 rings (SSSR count). The molecule has 148 valence electrons. The van der Waals surface area contributed by atoms with E-state index in [1.54, 1.807) is 32.0 Å². The molecule has 1 aromatic heterocycles. The van der Waals surface area contributed by atoms with Crippen LogP contribution in [0.15, 0.2) is 23.4 Å². The van der Waals surface area contributed by atoms with Crippen LogP contribution in [0.25, 0.3) is 0 Å². The van der Waals surface area contributed by atoms with E-state index in [0.29, 0.717) is 29.4 Å². The van der Waals surface area contributed by atoms with E-state index in [2.05, 4.69) is 15.1 Å². The number of hydrogen-bond donors (Lipinski definition) is 1. The lowest BCUT2D eigenvalue weighted by molar-refractivity contribution is -0.133. The molecule has 1 aliphatic rings. The van der Waals surface area contributed by atoms with Gasteiger partial charge >= 0.3 is 0 Å². The van der Waals surface area contributed by atoms with Crippen molar-refractivity contribution < 1.29 is 19.4 Å². The highest BCUT2D eigenvalue weighted by atomic mass is 16.5. The number of nitroso groups, excluding NO2 is 1. The molecule has 1 aliphatic heterocycles. The smallest absolute Gasteiger partial charge is 0.269 e. The summed E-state index contributed by atoms with van der Waals surface area (Å²) in [6, 6.07) is 4.15. The second kappa shape index (κ2) is 7.16. The summed E-state index contributed by atoms with van der Waals surface area (Å²) < 4.78 is 10.6. The Labute approximate surface area is 162 Å². The van der Waals surface area contributed by atoms with E-state index in [1.165, 1.54) is 26.0 Å². The minimum Gasteiger partial charge on any atom is -0.497 e. The number of nitrogens with zero attached hydrogens (tertiary/aromatic N) is 4. The molecule has 2 atom stereocenters. The first-order valence-corrected chi connectivity index (χ1v) is 8.80. The predicted octanol–water partition coefficient (Wildman–Crippen LogP) is 2.91. The lowest BCUT2D eigenvalue weighted by atomic mass is 9.94. The molecule has 1 N–H and O–H groups in total. The fourth-order valence-corrected chi connectivity index (χ4v) is 3.38. The van der Waals surface area contributed by atoms with Gasteiger partial charge in [-0.1, -0.05) is 12.1 Å². The number of hydrogen-bond acceptors (Lipinski definition) is 8. The van der Waals surface area contributed by atoms with Crippen LogP contribution in [-0.4, -0.2) is 35.2 Å². The van der Waals surface area contributed by atoms with Gasteiger partial charge in [-0.05, 0) is 32.4 Å². The van der Waals surface area contributed by atoms with Gasteiger partial charge in [0.05, 0.1) is 31.2 Å². The van der Waals surface area contributed by atoms with Crippen molar-refractivity contribution in [3.05, 3.63) is 40.2 Å². The number of carbonyl (C=O) groups is 1. The summed E-state index contributed by atoms with van der Waals surface area (Å²) >= 11 is 0. The van der Waals surface area contributed by atoms with Gasteiger partial charge in [-0.25, -0.2) is 9.97 Å². The average molecular weight is 386 g/mol. The van der Waals surface area contributed by atoms with Crippen LogP contribution in [0.1, 0.15) is 43.4 Å². The Bertz CT molecular complexity index is 944. The van der Waals surface area contributed by atoms with Crippen LogP contribution in [0.3, 0.4) is 0 Å². The van der Waals surface area contributed by atoms with Crippen molar-refractivity contribution in [3.63, 3.8) is 0 Å². The Morgan fingerprint density at radius 2 is 2.00 bits per heavy atom. The topological polar surface area (TPSA) is 114 Å². The summed E-state index contributed by atoms with van der Waals surface area (Å²) in [7, 11) is 2.99. The quantitative estimate of drug-likeness (QED) is 0.759. The van der Waals surface area contributed by atoms with Gasteiger partial charge in [0.2, 0.25) is 0 Å². The highest BCUT2D eigenvalue weighted by Gasteiger charge is 2.51. The van der Waals surface area contributed by atoms with Gasteiger partial charge in [0.15, 0.2) is 11.4 Å². The van der Waals surface area contributed by atoms with Crippen LogP contribution in [0.5, 0.6) is 11.5 Å². The number of carbonyl (C=O) groups excluding carboxylic acids is 1. The number of amides is 1. The van der Waals surface area contributed by atoms with Crippen molar-refractivity contribution in [1.82, 2.24) is 9.97 Å². The molecule has 0 saturated carbocycles. The summed E-state index contributed by atoms with van der Waals surface area (Å²) in [6.07, 6.45) is 0.378. The molecule has 0 saturated heterocycles. The molecule has 2 heterocycles. The van der Waals surface area contributed by atoms with Crippen LogP contribution in [0.2, 0.25) is 0 Å². The average Bonchev–Trinajstić information content (AvgIpc) is 2.87. The maximum atomic E-state index is 13.2. The lowest BCUT2D eigenvalue weighted by Gasteiger charge is -2.21. The highest BCUT2D eigenvalue weighted by Crippen LogP contribution is 2.48. The van der Waals surface area contributed by atoms with Gasteiger partial charge < -0.3 is 14.6 Å². The number of benzene rings is 1. The first kappa shape index (κ1) is 19.7. The van der Waals surface area contributed by atoms with Crippen molar-refractivity contribution in [1.29, 1.82) is 0 Å². The van der Waals surface area contributed by atoms with Gasteiger partial charge in [0.25, 0.3) is 5.91 Å². The van der Waals surface area contributed by atoms with Gasteiger partial charge in [-0.2, -0.15) is 4.91 Å². The van der Waals surface area contributed by atoms with Crippen molar-refractivity contribution >= 4 is 17.4 Å². The standard InChI is InChI=1S/C19H22N4O5/c1-6-12(22-26)16-15-17(21-10(2)20-16)23(18(24)19(15,3)25)13-8-7-11(27-4)9-14(13)28-5/h7-9,12,25H,6H2,1-5H3. The third kappa shape index (κ3) is 2.88. The molecule has 28 heavy (non-hydrogen) atoms. The lowest BCUT2D eigenvalue weighted by Crippen LogP contribution is -2.36. The number of aryl methyl sites for hydroxylation is 1. The van der Waals surface area contributed by atoms with Crippen molar-refractivity contribution in [2.75, 3.05) is 19.1 Å². The molecule has 2 aromatic rings. The molecule has 1 aromatic carbocycles. The minimum atomic E-state index is -1.92. The van der Waals surface area contributed by atoms with E-state index >= 15 is 0 Å². The number of fused-ring (bicyclic) bond motifs is 1. The zero-order chi connectivity index (χ0) is 20.6. The number of aromatic nitrogens is 2. The molecule has 0 fully saturated rings. The second-order valence-electron chi connectivity index (χ2n) is 6.63. The second-order valence-corrected chi connectivity index (χ2v) is 6.63. The summed E-state index contributed by atoms with van der Waals surface area (Å²) in [5.41, 5.74) is -1.08. The first-order valence-electron chi connectivity index (χ1n) is 8.80. The highest BCUT2D eigenvalue weighted by molar-refractivity contribution is 6.11. The number of rotatable bonds is 6. The monoisotopic (exact) mass is 386 g/mol. The summed E-state index contributed by atoms with van der Waals surface area (Å²) in [4.78, 5) is 34.5. The normalized spacial score (nSPS) is 19.4. The predicted molar refractivity (Wildman–Crippen MR) is 102 cm³/mol. The third-order valence-corrected chi connectivity index (χ3v) is 4.81. The van der Waals surface area contributed by atoms with E-state index in [-0.39, 0.29) is 17.1 Å². The number of aliphatic hydroxyl groups is 1. The Kier molecular flexibility index (Phi) is 5.03. The fourth-order valence-electron chi connectivity index (χ4n) is 3.38. The van der Waals surface area contributed by atoms with E-state index < -0.39 is 17.6 Å². The minimum absolute atomic E-state index is 0.187. The number of methoxy groups -OCH3 is 2. The third-order valence-electron chi connectivity index (χ3n) is 4.81. The Hall–Kier alpha value is -3.07. The first-order chi connectivity index (χ1) is 13.3. The van der Waals surface area contributed by atoms with Crippen molar-refractivity contribution in [2.24, 2.45) is 5.18 Å². The molecule has 9 nitrogen and oxygen atoms in total. The summed E-state index contributed by atoms with van der Waals surface area (Å²) in [6.45, 7) is 4.80. The van der Waals surface area contributed by atoms with Crippen LogP contribution < -0.4 is 14.4 Å². The van der Waals surface area contributed by atoms with Crippen LogP contribution in [0.4, 0.5) is 11.5 Å². The van der Waals surface area contributed by atoms with Gasteiger partial charge in [-0.3, -0.25) is 9.69 Å². The maximum Gasteiger partial charge on any atom is 0.269 e. The molecular weight excluding hydrogens is 364 g/mol. The number of ether oxygens (including phenoxy) is 2. The van der Waals surface area contributed by atoms with Crippen LogP contribution >= 0.6 is 0 Å². The molecular formula is C19H22N4O5. The number of anilines is 2. The van der Waals surface area contributed by atoms with E-state index in [4.69, 9.17) is 9.47 Å². The van der Waals surface area contributed by atoms with Crippen LogP contribution in [-0.2, 0) is 10.4 Å². The fraction of sp³-hybridized carbons (Fsp3) is 0.421. The molecule has 0 radical (unpaired) electrons. The molecule has 0 aliphatic carbocycles. The molecule has 9 heteroatoms. The molecule has 0 bridgehead atoms. The molecule has 2 unspecified atom stereocenters. The van der Waals surface area contributed by atoms with Crippen molar-refractivity contribution in [3.8, 4) is 11.5 Å². The Morgan fingerprint density at radius 1 is 1.29 bits per heavy atom. The van der Waals surface area contributed by atoms with Gasteiger partial charge in [0, 0.05) is 6.07 Å². The van der Waals surface area contributed by atoms with Crippen molar-refractivity contribution in [2.45, 2.75) is 38.8 Å². The summed E-state index contributed by atoms with van der Waals surface area (Å²) in [5.74, 6) is 0.875. The van der Waals surface area contributed by atoms with Crippen LogP contribution in [0, 0.1) is 11.8 Å². The zero-order valence-corrected chi connectivity index (χ0v) is 16.4. The van der Waals surface area contributed by atoms with Gasteiger partial charge in [0.1, 0.15) is 23.4 Å².